The zero-order valence-corrected chi connectivity index (χ0v) is 17.8. The lowest BCUT2D eigenvalue weighted by Gasteiger charge is -2.29. The largest absolute Gasteiger partial charge is 0.385 e. The number of rotatable bonds is 6. The van der Waals surface area contributed by atoms with Gasteiger partial charge in [-0.05, 0) is 68.2 Å². The number of nitrogens with zero attached hydrogens (tertiary/aromatic N) is 2. The first-order valence-electron chi connectivity index (χ1n) is 10.7. The second-order valence-electron chi connectivity index (χ2n) is 8.90. The molecule has 2 aliphatic carbocycles. The Morgan fingerprint density at radius 1 is 1.23 bits per heavy atom. The molecule has 3 aromatic rings. The van der Waals surface area contributed by atoms with Crippen LogP contribution in [0.3, 0.4) is 0 Å². The quantitative estimate of drug-likeness (QED) is 0.547. The van der Waals surface area contributed by atoms with E-state index in [1.807, 2.05) is 36.4 Å². The van der Waals surface area contributed by atoms with Crippen LogP contribution in [-0.4, -0.2) is 20.6 Å². The molecule has 2 aliphatic rings. The van der Waals surface area contributed by atoms with Crippen molar-refractivity contribution < 1.29 is 9.90 Å². The molecule has 0 bridgehead atoms. The van der Waals surface area contributed by atoms with Gasteiger partial charge in [-0.2, -0.15) is 0 Å². The maximum Gasteiger partial charge on any atom is 0.229 e. The van der Waals surface area contributed by atoms with Crippen molar-refractivity contribution in [3.05, 3.63) is 58.6 Å². The van der Waals surface area contributed by atoms with Crippen molar-refractivity contribution >= 4 is 34.5 Å². The highest BCUT2D eigenvalue weighted by Gasteiger charge is 2.31. The zero-order chi connectivity index (χ0) is 20.9. The lowest BCUT2D eigenvalue weighted by Crippen LogP contribution is -2.30. The number of aromatic nitrogens is 2. The molecule has 5 rings (SSSR count). The summed E-state index contributed by atoms with van der Waals surface area (Å²) in [5, 5.41) is 14.4. The topological polar surface area (TPSA) is 67.2 Å². The Balaban J connectivity index is 1.46. The predicted molar refractivity (Wildman–Crippen MR) is 119 cm³/mol. The molecule has 0 unspecified atom stereocenters. The second kappa shape index (κ2) is 7.40. The molecular weight excluding hydrogens is 398 g/mol. The molecule has 0 saturated heterocycles. The minimum absolute atomic E-state index is 0.0497. The SMILES string of the molecule is C[C@](O)(CC(=O)Nc1nc2c(Cl)cc(C3CC3)cc2n1C1CCC1)c1ccccc1. The smallest absolute Gasteiger partial charge is 0.229 e. The number of hydrogen-bond acceptors (Lipinski definition) is 3. The van der Waals surface area contributed by atoms with Crippen molar-refractivity contribution in [2.45, 2.75) is 63.0 Å². The summed E-state index contributed by atoms with van der Waals surface area (Å²) in [6.45, 7) is 1.66. The first-order chi connectivity index (χ1) is 14.4. The van der Waals surface area contributed by atoms with E-state index in [1.165, 1.54) is 24.8 Å². The average Bonchev–Trinajstić information content (AvgIpc) is 3.46. The van der Waals surface area contributed by atoms with Crippen LogP contribution < -0.4 is 5.32 Å². The van der Waals surface area contributed by atoms with Crippen molar-refractivity contribution in [1.82, 2.24) is 9.55 Å². The van der Waals surface area contributed by atoms with Crippen LogP contribution in [0.1, 0.15) is 68.5 Å². The lowest BCUT2D eigenvalue weighted by atomic mass is 9.92. The molecule has 1 heterocycles. The van der Waals surface area contributed by atoms with Crippen LogP contribution in [0.15, 0.2) is 42.5 Å². The predicted octanol–water partition coefficient (Wildman–Crippen LogP) is 5.53. The van der Waals surface area contributed by atoms with Gasteiger partial charge in [0.25, 0.3) is 0 Å². The fraction of sp³-hybridized carbons (Fsp3) is 0.417. The van der Waals surface area contributed by atoms with E-state index >= 15 is 0 Å². The highest BCUT2D eigenvalue weighted by atomic mass is 35.5. The Morgan fingerprint density at radius 3 is 2.60 bits per heavy atom. The number of carbonyl (C=O) groups is 1. The van der Waals surface area contributed by atoms with Gasteiger partial charge in [0.15, 0.2) is 0 Å². The van der Waals surface area contributed by atoms with Gasteiger partial charge in [-0.15, -0.1) is 0 Å². The Labute approximate surface area is 181 Å². The molecule has 2 saturated carbocycles. The van der Waals surface area contributed by atoms with E-state index in [4.69, 9.17) is 16.6 Å². The molecule has 2 aromatic carbocycles. The third-order valence-electron chi connectivity index (χ3n) is 6.41. The van der Waals surface area contributed by atoms with Crippen molar-refractivity contribution in [3.8, 4) is 0 Å². The number of fused-ring (bicyclic) bond motifs is 1. The molecule has 1 aromatic heterocycles. The van der Waals surface area contributed by atoms with E-state index in [9.17, 15) is 9.90 Å². The number of halogens is 1. The van der Waals surface area contributed by atoms with Crippen molar-refractivity contribution in [3.63, 3.8) is 0 Å². The average molecular weight is 424 g/mol. The van der Waals surface area contributed by atoms with Crippen LogP contribution in [0.5, 0.6) is 0 Å². The fourth-order valence-electron chi connectivity index (χ4n) is 4.31. The monoisotopic (exact) mass is 423 g/mol. The highest BCUT2D eigenvalue weighted by molar-refractivity contribution is 6.35. The Bertz CT molecular complexity index is 1100. The summed E-state index contributed by atoms with van der Waals surface area (Å²) in [5.74, 6) is 0.854. The van der Waals surface area contributed by atoms with Gasteiger partial charge in [0, 0.05) is 6.04 Å². The van der Waals surface area contributed by atoms with Crippen molar-refractivity contribution in [1.29, 1.82) is 0 Å². The molecule has 0 radical (unpaired) electrons. The molecule has 30 heavy (non-hydrogen) atoms. The van der Waals surface area contributed by atoms with Crippen LogP contribution in [0.2, 0.25) is 5.02 Å². The molecule has 2 N–H and O–H groups in total. The number of amides is 1. The first-order valence-corrected chi connectivity index (χ1v) is 11.1. The van der Waals surface area contributed by atoms with Gasteiger partial charge in [-0.25, -0.2) is 4.98 Å². The van der Waals surface area contributed by atoms with E-state index in [0.29, 0.717) is 28.5 Å². The van der Waals surface area contributed by atoms with Gasteiger partial charge in [-0.1, -0.05) is 41.9 Å². The summed E-state index contributed by atoms with van der Waals surface area (Å²) in [6, 6.07) is 13.8. The molecule has 1 amide bonds. The summed E-state index contributed by atoms with van der Waals surface area (Å²) < 4.78 is 2.14. The molecule has 6 heteroatoms. The van der Waals surface area contributed by atoms with Crippen LogP contribution in [0.4, 0.5) is 5.95 Å². The number of aliphatic hydroxyl groups is 1. The molecule has 5 nitrogen and oxygen atoms in total. The first kappa shape index (κ1) is 19.6. The van der Waals surface area contributed by atoms with E-state index in [2.05, 4.69) is 16.0 Å². The van der Waals surface area contributed by atoms with E-state index in [1.54, 1.807) is 6.92 Å². The molecular formula is C24H26ClN3O2. The lowest BCUT2D eigenvalue weighted by molar-refractivity contribution is -0.120. The van der Waals surface area contributed by atoms with Gasteiger partial charge >= 0.3 is 0 Å². The summed E-state index contributed by atoms with van der Waals surface area (Å²) >= 11 is 6.58. The van der Waals surface area contributed by atoms with E-state index in [-0.39, 0.29) is 12.3 Å². The van der Waals surface area contributed by atoms with Gasteiger partial charge in [-0.3, -0.25) is 10.1 Å². The van der Waals surface area contributed by atoms with Crippen LogP contribution in [0, 0.1) is 0 Å². The molecule has 0 spiro atoms. The van der Waals surface area contributed by atoms with Gasteiger partial charge in [0.2, 0.25) is 11.9 Å². The summed E-state index contributed by atoms with van der Waals surface area (Å²) in [6.07, 6.45) is 5.68. The van der Waals surface area contributed by atoms with E-state index in [0.717, 1.165) is 23.9 Å². The Kier molecular flexibility index (Phi) is 4.83. The van der Waals surface area contributed by atoms with Crippen molar-refractivity contribution in [2.24, 2.45) is 0 Å². The molecule has 156 valence electrons. The maximum absolute atomic E-state index is 12.9. The van der Waals surface area contributed by atoms with E-state index < -0.39 is 5.60 Å². The van der Waals surface area contributed by atoms with Crippen LogP contribution >= 0.6 is 11.6 Å². The molecule has 2 fully saturated rings. The number of benzene rings is 2. The number of nitrogens with one attached hydrogen (secondary N) is 1. The second-order valence-corrected chi connectivity index (χ2v) is 9.31. The number of carbonyl (C=O) groups excluding carboxylic acids is 1. The number of hydrogen-bond donors (Lipinski definition) is 2. The number of anilines is 1. The van der Waals surface area contributed by atoms with Crippen LogP contribution in [0.25, 0.3) is 11.0 Å². The third kappa shape index (κ3) is 3.61. The Morgan fingerprint density at radius 2 is 1.97 bits per heavy atom. The Hall–Kier alpha value is -2.37. The van der Waals surface area contributed by atoms with Gasteiger partial charge in [0.1, 0.15) is 5.52 Å². The summed E-state index contributed by atoms with van der Waals surface area (Å²) in [4.78, 5) is 17.6. The fourth-order valence-corrected chi connectivity index (χ4v) is 4.57. The maximum atomic E-state index is 12.9. The van der Waals surface area contributed by atoms with Crippen LogP contribution in [-0.2, 0) is 10.4 Å². The van der Waals surface area contributed by atoms with Gasteiger partial charge in [0.05, 0.1) is 22.6 Å². The number of imidazole rings is 1. The zero-order valence-electron chi connectivity index (χ0n) is 17.1. The third-order valence-corrected chi connectivity index (χ3v) is 6.70. The minimum atomic E-state index is -1.25. The molecule has 1 atom stereocenters. The minimum Gasteiger partial charge on any atom is -0.385 e. The summed E-state index contributed by atoms with van der Waals surface area (Å²) in [5.41, 5.74) is 2.45. The van der Waals surface area contributed by atoms with Crippen molar-refractivity contribution in [2.75, 3.05) is 5.32 Å². The highest BCUT2D eigenvalue weighted by Crippen LogP contribution is 2.44. The standard InChI is InChI=1S/C24H26ClN3O2/c1-24(30,17-6-3-2-4-7-17)14-21(29)26-23-27-22-19(25)12-16(15-10-11-15)13-20(22)28(23)18-8-5-9-18/h2-4,6-7,12-13,15,18,30H,5,8-11,14H2,1H3,(H,26,27,29)/t24-/m0/s1. The summed E-state index contributed by atoms with van der Waals surface area (Å²) in [7, 11) is 0. The normalized spacial score (nSPS) is 18.8. The van der Waals surface area contributed by atoms with Gasteiger partial charge < -0.3 is 9.67 Å². The molecule has 0 aliphatic heterocycles.